The molecule has 0 saturated heterocycles. The van der Waals surface area contributed by atoms with Gasteiger partial charge in [0.05, 0.1) is 11.4 Å². The number of halogens is 3. The molecule has 8 nitrogen and oxygen atoms in total. The summed E-state index contributed by atoms with van der Waals surface area (Å²) >= 11 is 0. The van der Waals surface area contributed by atoms with Crippen LogP contribution in [0.5, 0.6) is 0 Å². The molecule has 1 aromatic heterocycles. The van der Waals surface area contributed by atoms with Gasteiger partial charge in [0.1, 0.15) is 0 Å². The maximum absolute atomic E-state index is 12.6. The number of aromatic nitrogens is 2. The first-order valence-corrected chi connectivity index (χ1v) is 8.59. The summed E-state index contributed by atoms with van der Waals surface area (Å²) in [6.07, 6.45) is -4.69. The number of carbonyl (C=O) groups is 1. The second kappa shape index (κ2) is 7.25. The van der Waals surface area contributed by atoms with Crippen LogP contribution in [0.25, 0.3) is 0 Å². The molecule has 0 bridgehead atoms. The Hall–Kier alpha value is -2.73. The number of primary sulfonamides is 1. The molecule has 0 aliphatic rings. The number of hydrogen-bond donors (Lipinski definition) is 2. The molecule has 26 heavy (non-hydrogen) atoms. The van der Waals surface area contributed by atoms with E-state index in [2.05, 4.69) is 10.4 Å². The van der Waals surface area contributed by atoms with E-state index in [0.29, 0.717) is 10.7 Å². The van der Waals surface area contributed by atoms with Gasteiger partial charge >= 0.3 is 6.18 Å². The molecule has 0 atom stereocenters. The van der Waals surface area contributed by atoms with Crippen molar-refractivity contribution >= 4 is 15.9 Å². The minimum absolute atomic E-state index is 0.113. The largest absolute Gasteiger partial charge is 0.435 e. The van der Waals surface area contributed by atoms with Crippen molar-refractivity contribution < 1.29 is 26.4 Å². The predicted molar refractivity (Wildman–Crippen MR) is 83.6 cm³/mol. The van der Waals surface area contributed by atoms with Crippen molar-refractivity contribution in [2.75, 3.05) is 6.54 Å². The van der Waals surface area contributed by atoms with Crippen molar-refractivity contribution in [3.05, 3.63) is 58.0 Å². The second-order valence-corrected chi connectivity index (χ2v) is 6.66. The van der Waals surface area contributed by atoms with Crippen LogP contribution in [0.2, 0.25) is 0 Å². The molecule has 2 aromatic rings. The lowest BCUT2D eigenvalue weighted by Crippen LogP contribution is -2.33. The zero-order valence-electron chi connectivity index (χ0n) is 13.0. The van der Waals surface area contributed by atoms with Crippen LogP contribution >= 0.6 is 0 Å². The van der Waals surface area contributed by atoms with Crippen LogP contribution in [0.1, 0.15) is 16.1 Å². The maximum atomic E-state index is 12.6. The van der Waals surface area contributed by atoms with Gasteiger partial charge in [0.2, 0.25) is 10.0 Å². The van der Waals surface area contributed by atoms with Crippen LogP contribution in [0.4, 0.5) is 13.2 Å². The minimum atomic E-state index is -4.69. The lowest BCUT2D eigenvalue weighted by atomic mass is 10.2. The average molecular weight is 390 g/mol. The van der Waals surface area contributed by atoms with E-state index in [4.69, 9.17) is 5.14 Å². The number of sulfonamides is 1. The predicted octanol–water partition coefficient (Wildman–Crippen LogP) is 0.339. The monoisotopic (exact) mass is 390 g/mol. The fourth-order valence-electron chi connectivity index (χ4n) is 1.93. The first-order valence-electron chi connectivity index (χ1n) is 7.05. The highest BCUT2D eigenvalue weighted by atomic mass is 32.2. The first-order chi connectivity index (χ1) is 12.0. The van der Waals surface area contributed by atoms with Gasteiger partial charge in [0.15, 0.2) is 5.69 Å². The molecule has 1 heterocycles. The molecule has 0 saturated carbocycles. The zero-order valence-corrected chi connectivity index (χ0v) is 13.8. The lowest BCUT2D eigenvalue weighted by molar-refractivity contribution is -0.142. The summed E-state index contributed by atoms with van der Waals surface area (Å²) < 4.78 is 60.6. The topological polar surface area (TPSA) is 124 Å². The fraction of sp³-hybridized carbons (Fsp3) is 0.214. The number of benzene rings is 1. The fourth-order valence-corrected chi connectivity index (χ4v) is 2.45. The highest BCUT2D eigenvalue weighted by molar-refractivity contribution is 7.89. The number of carbonyl (C=O) groups excluding carboxylic acids is 1. The summed E-state index contributed by atoms with van der Waals surface area (Å²) in [6, 6.07) is 6.05. The Morgan fingerprint density at radius 2 is 1.77 bits per heavy atom. The summed E-state index contributed by atoms with van der Waals surface area (Å²) in [5.74, 6) is -0.606. The third-order valence-corrected chi connectivity index (χ3v) is 4.14. The molecular weight excluding hydrogens is 377 g/mol. The van der Waals surface area contributed by atoms with E-state index in [1.807, 2.05) is 0 Å². The van der Waals surface area contributed by atoms with E-state index in [1.54, 1.807) is 0 Å². The minimum Gasteiger partial charge on any atom is -0.350 e. The summed E-state index contributed by atoms with van der Waals surface area (Å²) in [5, 5.41) is 10.5. The highest BCUT2D eigenvalue weighted by Gasteiger charge is 2.33. The Balaban J connectivity index is 2.02. The van der Waals surface area contributed by atoms with Crippen molar-refractivity contribution in [3.8, 4) is 0 Å². The Bertz CT molecular complexity index is 969. The highest BCUT2D eigenvalue weighted by Crippen LogP contribution is 2.26. The van der Waals surface area contributed by atoms with Crippen molar-refractivity contribution in [2.24, 2.45) is 5.14 Å². The Labute approximate surface area is 145 Å². The van der Waals surface area contributed by atoms with Gasteiger partial charge in [-0.1, -0.05) is 0 Å². The molecule has 0 radical (unpaired) electrons. The SMILES string of the molecule is NS(=O)(=O)c1ccc(C(=O)NCCn2nc(C(F)(F)F)ccc2=O)cc1. The molecule has 0 aliphatic carbocycles. The molecule has 1 aromatic carbocycles. The molecule has 12 heteroatoms. The van der Waals surface area contributed by atoms with Crippen molar-refractivity contribution in [3.63, 3.8) is 0 Å². The molecule has 0 unspecified atom stereocenters. The van der Waals surface area contributed by atoms with Gasteiger partial charge in [-0.3, -0.25) is 9.59 Å². The van der Waals surface area contributed by atoms with E-state index in [9.17, 15) is 31.2 Å². The number of alkyl halides is 3. The molecule has 140 valence electrons. The van der Waals surface area contributed by atoms with Gasteiger partial charge in [-0.2, -0.15) is 18.3 Å². The van der Waals surface area contributed by atoms with Gasteiger partial charge < -0.3 is 5.32 Å². The van der Waals surface area contributed by atoms with Gasteiger partial charge in [-0.15, -0.1) is 0 Å². The van der Waals surface area contributed by atoms with E-state index in [-0.39, 0.29) is 23.5 Å². The molecule has 0 spiro atoms. The number of hydrogen-bond acceptors (Lipinski definition) is 5. The summed E-state index contributed by atoms with van der Waals surface area (Å²) in [4.78, 5) is 23.3. The Morgan fingerprint density at radius 3 is 2.31 bits per heavy atom. The second-order valence-electron chi connectivity index (χ2n) is 5.10. The average Bonchev–Trinajstić information content (AvgIpc) is 2.54. The van der Waals surface area contributed by atoms with Gasteiger partial charge in [0, 0.05) is 18.2 Å². The van der Waals surface area contributed by atoms with Crippen LogP contribution in [0.3, 0.4) is 0 Å². The summed E-state index contributed by atoms with van der Waals surface area (Å²) in [5.41, 5.74) is -1.85. The molecule has 3 N–H and O–H groups in total. The smallest absolute Gasteiger partial charge is 0.350 e. The van der Waals surface area contributed by atoms with Crippen molar-refractivity contribution in [1.29, 1.82) is 0 Å². The number of nitrogens with one attached hydrogen (secondary N) is 1. The van der Waals surface area contributed by atoms with Crippen LogP contribution in [-0.4, -0.2) is 30.7 Å². The third kappa shape index (κ3) is 4.89. The molecule has 1 amide bonds. The maximum Gasteiger partial charge on any atom is 0.435 e. The van der Waals surface area contributed by atoms with Crippen LogP contribution in [0.15, 0.2) is 46.1 Å². The third-order valence-electron chi connectivity index (χ3n) is 3.21. The van der Waals surface area contributed by atoms with E-state index < -0.39 is 33.4 Å². The van der Waals surface area contributed by atoms with Gasteiger partial charge in [-0.25, -0.2) is 18.2 Å². The van der Waals surface area contributed by atoms with Gasteiger partial charge in [-0.05, 0) is 30.3 Å². The van der Waals surface area contributed by atoms with Crippen LogP contribution in [0, 0.1) is 0 Å². The Kier molecular flexibility index (Phi) is 5.47. The number of amides is 1. The molecule has 2 rings (SSSR count). The normalized spacial score (nSPS) is 12.0. The van der Waals surface area contributed by atoms with Crippen molar-refractivity contribution in [1.82, 2.24) is 15.1 Å². The number of nitrogens with two attached hydrogens (primary N) is 1. The lowest BCUT2D eigenvalue weighted by Gasteiger charge is -2.10. The van der Waals surface area contributed by atoms with Crippen molar-refractivity contribution in [2.45, 2.75) is 17.6 Å². The summed E-state index contributed by atoms with van der Waals surface area (Å²) in [7, 11) is -3.89. The standard InChI is InChI=1S/C14H13F3N4O4S/c15-14(16,17)11-5-6-12(22)21(20-11)8-7-19-13(23)9-1-3-10(4-2-9)26(18,24)25/h1-6H,7-8H2,(H,19,23)(H2,18,24,25). The van der Waals surface area contributed by atoms with Crippen LogP contribution in [-0.2, 0) is 22.7 Å². The Morgan fingerprint density at radius 1 is 1.15 bits per heavy atom. The number of nitrogens with zero attached hydrogens (tertiary/aromatic N) is 2. The molecule has 0 aliphatic heterocycles. The van der Waals surface area contributed by atoms with E-state index >= 15 is 0 Å². The van der Waals surface area contributed by atoms with Crippen LogP contribution < -0.4 is 16.0 Å². The van der Waals surface area contributed by atoms with E-state index in [1.165, 1.54) is 12.1 Å². The summed E-state index contributed by atoms with van der Waals surface area (Å²) in [6.45, 7) is -0.437. The molecular formula is C14H13F3N4O4S. The first kappa shape index (κ1) is 19.6. The zero-order chi connectivity index (χ0) is 19.5. The number of rotatable bonds is 5. The quantitative estimate of drug-likeness (QED) is 0.762. The van der Waals surface area contributed by atoms with E-state index in [0.717, 1.165) is 18.2 Å². The molecule has 0 fully saturated rings. The van der Waals surface area contributed by atoms with Gasteiger partial charge in [0.25, 0.3) is 11.5 Å².